The zero-order valence-electron chi connectivity index (χ0n) is 20.9. The molecular weight excluding hydrogens is 384 g/mol. The molecule has 0 saturated heterocycles. The van der Waals surface area contributed by atoms with E-state index in [1.165, 1.54) is 0 Å². The molecule has 0 aromatic heterocycles. The third-order valence-corrected chi connectivity index (χ3v) is 5.59. The van der Waals surface area contributed by atoms with Gasteiger partial charge in [-0.25, -0.2) is 0 Å². The van der Waals surface area contributed by atoms with Crippen LogP contribution in [-0.4, -0.2) is 11.1 Å². The van der Waals surface area contributed by atoms with Crippen molar-refractivity contribution < 1.29 is 14.6 Å². The lowest BCUT2D eigenvalue weighted by Crippen LogP contribution is -2.18. The second kappa shape index (κ2) is 9.46. The number of aromatic hydroxyl groups is 1. The van der Waals surface area contributed by atoms with E-state index >= 15 is 0 Å². The molecule has 2 aromatic rings. The van der Waals surface area contributed by atoms with Gasteiger partial charge in [0.2, 0.25) is 0 Å². The van der Waals surface area contributed by atoms with Gasteiger partial charge in [-0.05, 0) is 47.8 Å². The van der Waals surface area contributed by atoms with Crippen LogP contribution in [0.15, 0.2) is 24.3 Å². The smallest absolute Gasteiger partial charge is 0.311 e. The molecule has 0 aliphatic carbocycles. The van der Waals surface area contributed by atoms with Gasteiger partial charge in [0.25, 0.3) is 0 Å². The average molecular weight is 425 g/mol. The van der Waals surface area contributed by atoms with E-state index < -0.39 is 0 Å². The number of hydrogen-bond acceptors (Lipinski definition) is 3. The van der Waals surface area contributed by atoms with E-state index in [4.69, 9.17) is 4.74 Å². The fraction of sp³-hybridized carbons (Fsp3) is 0.536. The van der Waals surface area contributed by atoms with Gasteiger partial charge in [0.15, 0.2) is 0 Å². The lowest BCUT2D eigenvalue weighted by molar-refractivity contribution is -0.134. The molecule has 2 aromatic carbocycles. The first-order chi connectivity index (χ1) is 14.2. The first kappa shape index (κ1) is 25.0. The van der Waals surface area contributed by atoms with Crippen molar-refractivity contribution in [1.82, 2.24) is 0 Å². The van der Waals surface area contributed by atoms with Gasteiger partial charge < -0.3 is 9.84 Å². The molecule has 0 fully saturated rings. The van der Waals surface area contributed by atoms with Crippen molar-refractivity contribution in [2.75, 3.05) is 0 Å². The van der Waals surface area contributed by atoms with Gasteiger partial charge in [-0.1, -0.05) is 90.3 Å². The highest BCUT2D eigenvalue weighted by Gasteiger charge is 2.26. The molecule has 1 N–H and O–H groups in total. The molecule has 0 heterocycles. The number of phenols is 1. The van der Waals surface area contributed by atoms with Crippen LogP contribution in [0.3, 0.4) is 0 Å². The van der Waals surface area contributed by atoms with Gasteiger partial charge in [-0.3, -0.25) is 4.79 Å². The van der Waals surface area contributed by atoms with Gasteiger partial charge in [0.05, 0.1) is 0 Å². The molecule has 0 aliphatic heterocycles. The number of phenolic OH excluding ortho intramolecular Hbond substituents is 1. The molecule has 3 nitrogen and oxygen atoms in total. The van der Waals surface area contributed by atoms with Crippen molar-refractivity contribution in [3.8, 4) is 11.5 Å². The monoisotopic (exact) mass is 424 g/mol. The predicted octanol–water partition coefficient (Wildman–Crippen LogP) is 7.29. The Hall–Kier alpha value is -2.29. The van der Waals surface area contributed by atoms with Crippen LogP contribution >= 0.6 is 0 Å². The van der Waals surface area contributed by atoms with Crippen LogP contribution in [0.5, 0.6) is 11.5 Å². The van der Waals surface area contributed by atoms with E-state index in [9.17, 15) is 9.90 Å². The topological polar surface area (TPSA) is 46.5 Å². The van der Waals surface area contributed by atoms with E-state index in [-0.39, 0.29) is 16.8 Å². The number of carbonyl (C=O) groups excluding carboxylic acids is 1. The lowest BCUT2D eigenvalue weighted by Gasteiger charge is -2.26. The maximum atomic E-state index is 12.6. The molecule has 3 heteroatoms. The van der Waals surface area contributed by atoms with Gasteiger partial charge in [-0.2, -0.15) is 0 Å². The zero-order chi connectivity index (χ0) is 23.6. The molecule has 31 heavy (non-hydrogen) atoms. The van der Waals surface area contributed by atoms with Crippen molar-refractivity contribution in [2.45, 2.75) is 98.8 Å². The Bertz CT molecular complexity index is 940. The number of rotatable bonds is 6. The van der Waals surface area contributed by atoms with Crippen molar-refractivity contribution in [3.63, 3.8) is 0 Å². The van der Waals surface area contributed by atoms with Crippen LogP contribution in [0, 0.1) is 13.8 Å². The molecule has 0 unspecified atom stereocenters. The molecule has 0 saturated carbocycles. The van der Waals surface area contributed by atoms with Gasteiger partial charge in [-0.15, -0.1) is 0 Å². The largest absolute Gasteiger partial charge is 0.507 e. The highest BCUT2D eigenvalue weighted by Crippen LogP contribution is 2.40. The Morgan fingerprint density at radius 2 is 1.39 bits per heavy atom. The molecule has 0 spiro atoms. The van der Waals surface area contributed by atoms with E-state index in [0.717, 1.165) is 46.2 Å². The molecular formula is C28H40O3. The van der Waals surface area contributed by atoms with Crippen LogP contribution in [0.4, 0.5) is 0 Å². The highest BCUT2D eigenvalue weighted by molar-refractivity contribution is 5.74. The Kier molecular flexibility index (Phi) is 7.62. The average Bonchev–Trinajstić information content (AvgIpc) is 2.62. The molecule has 0 bridgehead atoms. The third-order valence-electron chi connectivity index (χ3n) is 5.59. The summed E-state index contributed by atoms with van der Waals surface area (Å²) in [5.41, 5.74) is 5.66. The molecule has 0 atom stereocenters. The number of aryl methyl sites for hydroxylation is 2. The number of ether oxygens (including phenoxy) is 1. The van der Waals surface area contributed by atoms with Gasteiger partial charge >= 0.3 is 5.97 Å². The SMILES string of the molecule is CCCCC(=O)Oc1c(Cc2cc(C)cc(C(C)(C)C)c2O)cc(C)cc1C(C)(C)C. The summed E-state index contributed by atoms with van der Waals surface area (Å²) in [5.74, 6) is 0.791. The molecule has 170 valence electrons. The second-order valence-electron chi connectivity index (χ2n) is 10.9. The highest BCUT2D eigenvalue weighted by atomic mass is 16.5. The maximum Gasteiger partial charge on any atom is 0.311 e. The van der Waals surface area contributed by atoms with E-state index in [2.05, 4.69) is 80.5 Å². The van der Waals surface area contributed by atoms with Crippen LogP contribution < -0.4 is 4.74 Å². The van der Waals surface area contributed by atoms with Crippen LogP contribution in [0.25, 0.3) is 0 Å². The van der Waals surface area contributed by atoms with E-state index in [1.54, 1.807) is 0 Å². The summed E-state index contributed by atoms with van der Waals surface area (Å²) in [5, 5.41) is 11.1. The van der Waals surface area contributed by atoms with Gasteiger partial charge in [0, 0.05) is 18.4 Å². The lowest BCUT2D eigenvalue weighted by atomic mass is 9.81. The second-order valence-corrected chi connectivity index (χ2v) is 10.9. The minimum atomic E-state index is -0.193. The van der Waals surface area contributed by atoms with Crippen molar-refractivity contribution in [1.29, 1.82) is 0 Å². The van der Waals surface area contributed by atoms with Crippen LogP contribution in [-0.2, 0) is 22.0 Å². The van der Waals surface area contributed by atoms with Crippen molar-refractivity contribution >= 4 is 5.97 Å². The predicted molar refractivity (Wildman–Crippen MR) is 129 cm³/mol. The van der Waals surface area contributed by atoms with E-state index in [1.807, 2.05) is 6.07 Å². The Labute approximate surface area is 188 Å². The zero-order valence-corrected chi connectivity index (χ0v) is 20.9. The normalized spacial score (nSPS) is 12.2. The standard InChI is InChI=1S/C28H40O3/c1-10-11-12-24(29)31-26-21(14-19(3)16-23(26)28(7,8)9)17-20-13-18(2)15-22(25(20)30)27(4,5)6/h13-16,30H,10-12,17H2,1-9H3. The quantitative estimate of drug-likeness (QED) is 0.391. The molecule has 2 rings (SSSR count). The minimum absolute atomic E-state index is 0.163. The summed E-state index contributed by atoms with van der Waals surface area (Å²) in [6.45, 7) is 18.9. The fourth-order valence-corrected chi connectivity index (χ4v) is 3.91. The summed E-state index contributed by atoms with van der Waals surface area (Å²) in [7, 11) is 0. The molecule has 0 radical (unpaired) electrons. The first-order valence-electron chi connectivity index (χ1n) is 11.4. The summed E-state index contributed by atoms with van der Waals surface area (Å²) in [6, 6.07) is 8.28. The Morgan fingerprint density at radius 3 is 1.90 bits per heavy atom. The summed E-state index contributed by atoms with van der Waals surface area (Å²) in [4.78, 5) is 12.6. The number of hydrogen-bond donors (Lipinski definition) is 1. The maximum absolute atomic E-state index is 12.6. The fourth-order valence-electron chi connectivity index (χ4n) is 3.91. The number of benzene rings is 2. The summed E-state index contributed by atoms with van der Waals surface area (Å²) >= 11 is 0. The van der Waals surface area contributed by atoms with Gasteiger partial charge in [0.1, 0.15) is 11.5 Å². The molecule has 0 amide bonds. The minimum Gasteiger partial charge on any atom is -0.507 e. The van der Waals surface area contributed by atoms with Crippen LogP contribution in [0.1, 0.15) is 101 Å². The van der Waals surface area contributed by atoms with Crippen LogP contribution in [0.2, 0.25) is 0 Å². The van der Waals surface area contributed by atoms with E-state index in [0.29, 0.717) is 24.3 Å². The molecule has 0 aliphatic rings. The summed E-state index contributed by atoms with van der Waals surface area (Å²) in [6.07, 6.45) is 2.70. The van der Waals surface area contributed by atoms with Crippen molar-refractivity contribution in [3.05, 3.63) is 57.6 Å². The number of esters is 1. The third kappa shape index (κ3) is 6.35. The first-order valence-corrected chi connectivity index (χ1v) is 11.4. The van der Waals surface area contributed by atoms with Crippen molar-refractivity contribution in [2.24, 2.45) is 0 Å². The summed E-state index contributed by atoms with van der Waals surface area (Å²) < 4.78 is 5.98. The Morgan fingerprint density at radius 1 is 0.871 bits per heavy atom. The number of carbonyl (C=O) groups is 1. The number of unbranched alkanes of at least 4 members (excludes halogenated alkanes) is 1. The Balaban J connectivity index is 2.62.